The molecule has 0 unspecified atom stereocenters. The van der Waals surface area contributed by atoms with Crippen molar-refractivity contribution in [1.82, 2.24) is 19.9 Å². The molecule has 0 fully saturated rings. The number of amides is 1. The predicted molar refractivity (Wildman–Crippen MR) is 134 cm³/mol. The van der Waals surface area contributed by atoms with E-state index in [4.69, 9.17) is 9.47 Å². The summed E-state index contributed by atoms with van der Waals surface area (Å²) in [6.07, 6.45) is 0. The summed E-state index contributed by atoms with van der Waals surface area (Å²) in [5, 5.41) is 3.86. The van der Waals surface area contributed by atoms with Crippen molar-refractivity contribution in [3.8, 4) is 17.2 Å². The average Bonchev–Trinajstić information content (AvgIpc) is 3.51. The molecule has 0 aliphatic carbocycles. The quantitative estimate of drug-likeness (QED) is 0.268. The first-order chi connectivity index (χ1) is 17.6. The summed E-state index contributed by atoms with van der Waals surface area (Å²) in [5.74, 6) is 0.475. The van der Waals surface area contributed by atoms with Gasteiger partial charge in [0.15, 0.2) is 16.7 Å². The molecule has 0 atom stereocenters. The Bertz CT molecular complexity index is 1700. The van der Waals surface area contributed by atoms with Crippen molar-refractivity contribution in [2.24, 2.45) is 0 Å². The Labute approximate surface area is 208 Å². The molecular formula is C26H19FN4O4S. The Hall–Kier alpha value is -4.31. The number of benzene rings is 3. The van der Waals surface area contributed by atoms with Crippen molar-refractivity contribution >= 4 is 39.6 Å². The molecular weight excluding hydrogens is 483 g/mol. The minimum absolute atomic E-state index is 0.0146. The van der Waals surface area contributed by atoms with E-state index in [2.05, 4.69) is 15.3 Å². The normalized spacial score (nSPS) is 12.4. The van der Waals surface area contributed by atoms with Gasteiger partial charge in [-0.15, -0.1) is 0 Å². The van der Waals surface area contributed by atoms with Crippen LogP contribution in [0.5, 0.6) is 11.5 Å². The molecule has 8 nitrogen and oxygen atoms in total. The van der Waals surface area contributed by atoms with Crippen LogP contribution in [-0.2, 0) is 11.3 Å². The minimum atomic E-state index is -0.564. The molecule has 6 rings (SSSR count). The third kappa shape index (κ3) is 3.95. The number of para-hydroxylation sites is 2. The highest BCUT2D eigenvalue weighted by atomic mass is 32.2. The van der Waals surface area contributed by atoms with Crippen molar-refractivity contribution in [2.45, 2.75) is 11.7 Å². The third-order valence-corrected chi connectivity index (χ3v) is 6.79. The molecule has 0 bridgehead atoms. The topological polar surface area (TPSA) is 98.2 Å². The van der Waals surface area contributed by atoms with Crippen LogP contribution in [-0.4, -0.2) is 33.0 Å². The van der Waals surface area contributed by atoms with E-state index in [1.54, 1.807) is 18.2 Å². The van der Waals surface area contributed by atoms with E-state index < -0.39 is 11.4 Å². The zero-order valence-electron chi connectivity index (χ0n) is 18.8. The Morgan fingerprint density at radius 1 is 1.08 bits per heavy atom. The van der Waals surface area contributed by atoms with Gasteiger partial charge in [0.25, 0.3) is 5.56 Å². The number of hydrogen-bond acceptors (Lipinski definition) is 6. The van der Waals surface area contributed by atoms with Gasteiger partial charge < -0.3 is 19.8 Å². The Morgan fingerprint density at radius 3 is 2.78 bits per heavy atom. The molecule has 1 amide bonds. The van der Waals surface area contributed by atoms with Gasteiger partial charge in [0.05, 0.1) is 11.4 Å². The van der Waals surface area contributed by atoms with Crippen LogP contribution in [0.15, 0.2) is 76.7 Å². The monoisotopic (exact) mass is 502 g/mol. The van der Waals surface area contributed by atoms with E-state index in [0.29, 0.717) is 23.6 Å². The molecule has 36 heavy (non-hydrogen) atoms. The second-order valence-electron chi connectivity index (χ2n) is 8.13. The van der Waals surface area contributed by atoms with E-state index in [1.165, 1.54) is 16.7 Å². The number of rotatable bonds is 6. The number of thioether (sulfide) groups is 1. The van der Waals surface area contributed by atoms with E-state index in [9.17, 15) is 14.0 Å². The highest BCUT2D eigenvalue weighted by molar-refractivity contribution is 7.99. The first-order valence-corrected chi connectivity index (χ1v) is 12.1. The summed E-state index contributed by atoms with van der Waals surface area (Å²) in [7, 11) is 0. The Kier molecular flexibility index (Phi) is 5.57. The summed E-state index contributed by atoms with van der Waals surface area (Å²) >= 11 is 1.07. The van der Waals surface area contributed by atoms with Gasteiger partial charge in [-0.1, -0.05) is 48.2 Å². The molecule has 1 aliphatic heterocycles. The van der Waals surface area contributed by atoms with Gasteiger partial charge in [-0.2, -0.15) is 0 Å². The maximum Gasteiger partial charge on any atom is 0.283 e. The molecule has 180 valence electrons. The molecule has 2 N–H and O–H groups in total. The standard InChI is InChI=1S/C26H19FN4O4S/c27-17-6-2-4-8-19(17)31-25(33)24-23(16-5-1-3-7-18(16)29-24)30-26(31)36-13-22(32)28-12-15-9-10-20-21(11-15)35-14-34-20/h1-11,29H,12-14H2,(H,28,32). The van der Waals surface area contributed by atoms with Crippen LogP contribution in [0.2, 0.25) is 0 Å². The van der Waals surface area contributed by atoms with Crippen LogP contribution in [0.4, 0.5) is 4.39 Å². The number of halogens is 1. The summed E-state index contributed by atoms with van der Waals surface area (Å²) in [6.45, 7) is 0.477. The van der Waals surface area contributed by atoms with E-state index in [0.717, 1.165) is 28.2 Å². The molecule has 10 heteroatoms. The molecule has 0 spiro atoms. The summed E-state index contributed by atoms with van der Waals surface area (Å²) < 4.78 is 26.6. The van der Waals surface area contributed by atoms with Gasteiger partial charge in [0.1, 0.15) is 16.9 Å². The molecule has 0 saturated heterocycles. The summed E-state index contributed by atoms with van der Waals surface area (Å²) in [5.41, 5.74) is 1.99. The molecule has 5 aromatic rings. The lowest BCUT2D eigenvalue weighted by atomic mass is 10.2. The molecule has 2 aromatic heterocycles. The van der Waals surface area contributed by atoms with Crippen LogP contribution in [0.25, 0.3) is 27.6 Å². The summed E-state index contributed by atoms with van der Waals surface area (Å²) in [4.78, 5) is 34.0. The van der Waals surface area contributed by atoms with Gasteiger partial charge in [-0.25, -0.2) is 9.37 Å². The number of carbonyl (C=O) groups is 1. The maximum atomic E-state index is 14.7. The van der Waals surface area contributed by atoms with E-state index in [1.807, 2.05) is 36.4 Å². The highest BCUT2D eigenvalue weighted by Gasteiger charge is 2.20. The van der Waals surface area contributed by atoms with Crippen LogP contribution in [0, 0.1) is 5.82 Å². The lowest BCUT2D eigenvalue weighted by molar-refractivity contribution is -0.118. The highest BCUT2D eigenvalue weighted by Crippen LogP contribution is 2.32. The molecule has 3 aromatic carbocycles. The lowest BCUT2D eigenvalue weighted by Gasteiger charge is -2.13. The number of carbonyl (C=O) groups excluding carboxylic acids is 1. The van der Waals surface area contributed by atoms with Gasteiger partial charge in [0, 0.05) is 17.4 Å². The first-order valence-electron chi connectivity index (χ1n) is 11.1. The van der Waals surface area contributed by atoms with Crippen molar-refractivity contribution < 1.29 is 18.7 Å². The number of ether oxygens (including phenoxy) is 2. The molecule has 3 heterocycles. The van der Waals surface area contributed by atoms with Crippen molar-refractivity contribution in [3.63, 3.8) is 0 Å². The zero-order valence-corrected chi connectivity index (χ0v) is 19.6. The minimum Gasteiger partial charge on any atom is -0.454 e. The molecule has 0 radical (unpaired) electrons. The second-order valence-corrected chi connectivity index (χ2v) is 9.08. The van der Waals surface area contributed by atoms with Gasteiger partial charge in [-0.05, 0) is 35.9 Å². The molecule has 1 aliphatic rings. The number of H-pyrrole nitrogens is 1. The van der Waals surface area contributed by atoms with Crippen molar-refractivity contribution in [3.05, 3.63) is 88.5 Å². The fourth-order valence-corrected chi connectivity index (χ4v) is 4.95. The van der Waals surface area contributed by atoms with Gasteiger partial charge >= 0.3 is 0 Å². The van der Waals surface area contributed by atoms with Crippen LogP contribution in [0.3, 0.4) is 0 Å². The second kappa shape index (κ2) is 9.04. The maximum absolute atomic E-state index is 14.7. The number of hydrogen-bond donors (Lipinski definition) is 2. The zero-order chi connectivity index (χ0) is 24.6. The largest absolute Gasteiger partial charge is 0.454 e. The summed E-state index contributed by atoms with van der Waals surface area (Å²) in [6, 6.07) is 18.9. The van der Waals surface area contributed by atoms with Crippen molar-refractivity contribution in [1.29, 1.82) is 0 Å². The van der Waals surface area contributed by atoms with Gasteiger partial charge in [0.2, 0.25) is 12.7 Å². The fraction of sp³-hybridized carbons (Fsp3) is 0.115. The SMILES string of the molecule is O=C(CSc1nc2c([nH]c3ccccc32)c(=O)n1-c1ccccc1F)NCc1ccc2c(c1)OCO2. The smallest absolute Gasteiger partial charge is 0.283 e. The van der Waals surface area contributed by atoms with Crippen LogP contribution in [0.1, 0.15) is 5.56 Å². The number of fused-ring (bicyclic) bond motifs is 4. The average molecular weight is 503 g/mol. The Morgan fingerprint density at radius 2 is 1.89 bits per heavy atom. The number of aromatic amines is 1. The van der Waals surface area contributed by atoms with E-state index in [-0.39, 0.29) is 34.8 Å². The van der Waals surface area contributed by atoms with Crippen LogP contribution >= 0.6 is 11.8 Å². The van der Waals surface area contributed by atoms with Crippen molar-refractivity contribution in [2.75, 3.05) is 12.5 Å². The number of nitrogens with zero attached hydrogens (tertiary/aromatic N) is 2. The van der Waals surface area contributed by atoms with E-state index >= 15 is 0 Å². The molecule has 0 saturated carbocycles. The number of nitrogens with one attached hydrogen (secondary N) is 2. The van der Waals surface area contributed by atoms with Crippen LogP contribution < -0.4 is 20.3 Å². The third-order valence-electron chi connectivity index (χ3n) is 5.85. The Balaban J connectivity index is 1.30. The number of aromatic nitrogens is 3. The predicted octanol–water partition coefficient (Wildman–Crippen LogP) is 4.14. The lowest BCUT2D eigenvalue weighted by Crippen LogP contribution is -2.26. The first kappa shape index (κ1) is 22.2. The van der Waals surface area contributed by atoms with Gasteiger partial charge in [-0.3, -0.25) is 14.2 Å². The fourth-order valence-electron chi connectivity index (χ4n) is 4.12.